The van der Waals surface area contributed by atoms with Crippen LogP contribution in [-0.4, -0.2) is 48.5 Å². The molecule has 1 aliphatic heterocycles. The van der Waals surface area contributed by atoms with Crippen molar-refractivity contribution in [3.8, 4) is 0 Å². The molecule has 0 bridgehead atoms. The molecule has 1 fully saturated rings. The van der Waals surface area contributed by atoms with Crippen LogP contribution in [0.4, 0.5) is 4.79 Å². The van der Waals surface area contributed by atoms with Crippen molar-refractivity contribution in [3.05, 3.63) is 20.8 Å². The summed E-state index contributed by atoms with van der Waals surface area (Å²) in [5, 5.41) is 0. The summed E-state index contributed by atoms with van der Waals surface area (Å²) < 4.78 is 6.09. The van der Waals surface area contributed by atoms with Crippen molar-refractivity contribution in [2.75, 3.05) is 26.7 Å². The van der Waals surface area contributed by atoms with Gasteiger partial charge in [-0.2, -0.15) is 0 Å². The van der Waals surface area contributed by atoms with E-state index in [1.165, 1.54) is 0 Å². The van der Waals surface area contributed by atoms with Gasteiger partial charge in [0.05, 0.1) is 22.9 Å². The molecule has 0 N–H and O–H groups in total. The van der Waals surface area contributed by atoms with Crippen molar-refractivity contribution < 1.29 is 14.3 Å². The number of halogens is 1. The predicted octanol–water partition coefficient (Wildman–Crippen LogP) is 3.34. The molecule has 0 aliphatic carbocycles. The fourth-order valence-corrected chi connectivity index (χ4v) is 4.16. The molecule has 1 aromatic heterocycles. The third kappa shape index (κ3) is 4.46. The standard InChI is InChI=1S/C15H21BrN2O3S/c1-3-21-15(20)18-8-4-5-11(9-18)14(19)17(2)10-12-6-7-13(16)22-12/h6-7,11H,3-5,8-10H2,1-2H3. The second-order valence-electron chi connectivity index (χ2n) is 5.38. The van der Waals surface area contributed by atoms with Gasteiger partial charge in [0, 0.05) is 25.0 Å². The Balaban J connectivity index is 1.91. The number of likely N-dealkylation sites (tertiary alicyclic amines) is 1. The van der Waals surface area contributed by atoms with Gasteiger partial charge in [-0.3, -0.25) is 4.79 Å². The van der Waals surface area contributed by atoms with E-state index < -0.39 is 0 Å². The Labute approximate surface area is 143 Å². The highest BCUT2D eigenvalue weighted by atomic mass is 79.9. The van der Waals surface area contributed by atoms with Crippen LogP contribution in [0.1, 0.15) is 24.6 Å². The maximum atomic E-state index is 12.6. The molecule has 22 heavy (non-hydrogen) atoms. The van der Waals surface area contributed by atoms with E-state index in [1.807, 2.05) is 19.2 Å². The van der Waals surface area contributed by atoms with Gasteiger partial charge in [0.25, 0.3) is 0 Å². The molecule has 2 rings (SSSR count). The van der Waals surface area contributed by atoms with Crippen LogP contribution in [0.2, 0.25) is 0 Å². The zero-order valence-corrected chi connectivity index (χ0v) is 15.3. The van der Waals surface area contributed by atoms with Crippen LogP contribution >= 0.6 is 27.3 Å². The molecular formula is C15H21BrN2O3S. The lowest BCUT2D eigenvalue weighted by Crippen LogP contribution is -2.45. The highest BCUT2D eigenvalue weighted by Crippen LogP contribution is 2.24. The first kappa shape index (κ1) is 17.3. The smallest absolute Gasteiger partial charge is 0.409 e. The number of thiophene rings is 1. The molecule has 0 radical (unpaired) electrons. The molecular weight excluding hydrogens is 368 g/mol. The summed E-state index contributed by atoms with van der Waals surface area (Å²) in [6.45, 7) is 3.88. The Hall–Kier alpha value is -1.08. The van der Waals surface area contributed by atoms with Gasteiger partial charge in [0.15, 0.2) is 0 Å². The average Bonchev–Trinajstić information content (AvgIpc) is 2.92. The molecule has 122 valence electrons. The first-order valence-corrected chi connectivity index (χ1v) is 9.03. The Morgan fingerprint density at radius 1 is 1.50 bits per heavy atom. The molecule has 7 heteroatoms. The topological polar surface area (TPSA) is 49.9 Å². The number of hydrogen-bond donors (Lipinski definition) is 0. The maximum Gasteiger partial charge on any atom is 0.409 e. The molecule has 1 aliphatic rings. The fraction of sp³-hybridized carbons (Fsp3) is 0.600. The largest absolute Gasteiger partial charge is 0.450 e. The van der Waals surface area contributed by atoms with Crippen LogP contribution in [0, 0.1) is 5.92 Å². The second-order valence-corrected chi connectivity index (χ2v) is 7.93. The number of carbonyl (C=O) groups excluding carboxylic acids is 2. The quantitative estimate of drug-likeness (QED) is 0.794. The number of ether oxygens (including phenoxy) is 1. The van der Waals surface area contributed by atoms with E-state index in [4.69, 9.17) is 4.74 Å². The molecule has 1 saturated heterocycles. The number of rotatable bonds is 4. The van der Waals surface area contributed by atoms with Crippen LogP contribution in [0.25, 0.3) is 0 Å². The van der Waals surface area contributed by atoms with Gasteiger partial charge >= 0.3 is 6.09 Å². The van der Waals surface area contributed by atoms with Gasteiger partial charge in [-0.15, -0.1) is 11.3 Å². The number of hydrogen-bond acceptors (Lipinski definition) is 4. The zero-order chi connectivity index (χ0) is 16.1. The van der Waals surface area contributed by atoms with Crippen LogP contribution in [0.5, 0.6) is 0 Å². The lowest BCUT2D eigenvalue weighted by molar-refractivity contribution is -0.136. The zero-order valence-electron chi connectivity index (χ0n) is 12.9. The minimum absolute atomic E-state index is 0.0959. The minimum atomic E-state index is -0.315. The number of piperidine rings is 1. The summed E-state index contributed by atoms with van der Waals surface area (Å²) in [4.78, 5) is 28.9. The molecule has 0 spiro atoms. The highest BCUT2D eigenvalue weighted by Gasteiger charge is 2.30. The Bertz CT molecular complexity index is 535. The fourth-order valence-electron chi connectivity index (χ4n) is 2.62. The molecule has 2 heterocycles. The van der Waals surface area contributed by atoms with Crippen molar-refractivity contribution in [2.24, 2.45) is 5.92 Å². The first-order valence-electron chi connectivity index (χ1n) is 7.42. The third-order valence-electron chi connectivity index (χ3n) is 3.69. The minimum Gasteiger partial charge on any atom is -0.450 e. The van der Waals surface area contributed by atoms with Crippen LogP contribution in [0.15, 0.2) is 15.9 Å². The Kier molecular flexibility index (Phi) is 6.26. The molecule has 1 atom stereocenters. The van der Waals surface area contributed by atoms with Crippen molar-refractivity contribution in [3.63, 3.8) is 0 Å². The van der Waals surface area contributed by atoms with E-state index in [9.17, 15) is 9.59 Å². The number of carbonyl (C=O) groups is 2. The summed E-state index contributed by atoms with van der Waals surface area (Å²) in [5.74, 6) is -0.0370. The first-order chi connectivity index (χ1) is 10.5. The second kappa shape index (κ2) is 7.97. The van der Waals surface area contributed by atoms with Crippen LogP contribution < -0.4 is 0 Å². The van der Waals surface area contributed by atoms with Gasteiger partial charge < -0.3 is 14.5 Å². The maximum absolute atomic E-state index is 12.6. The van der Waals surface area contributed by atoms with Crippen molar-refractivity contribution in [1.82, 2.24) is 9.80 Å². The van der Waals surface area contributed by atoms with Gasteiger partial charge in [0.2, 0.25) is 5.91 Å². The third-order valence-corrected chi connectivity index (χ3v) is 5.30. The SMILES string of the molecule is CCOC(=O)N1CCCC(C(=O)N(C)Cc2ccc(Br)s2)C1. The Morgan fingerprint density at radius 3 is 2.91 bits per heavy atom. The molecule has 1 aromatic rings. The normalized spacial score (nSPS) is 18.1. The van der Waals surface area contributed by atoms with Crippen molar-refractivity contribution in [2.45, 2.75) is 26.3 Å². The summed E-state index contributed by atoms with van der Waals surface area (Å²) in [6, 6.07) is 4.01. The van der Waals surface area contributed by atoms with Gasteiger partial charge in [-0.1, -0.05) is 0 Å². The summed E-state index contributed by atoms with van der Waals surface area (Å²) in [7, 11) is 1.82. The van der Waals surface area contributed by atoms with Gasteiger partial charge in [0.1, 0.15) is 0 Å². The lowest BCUT2D eigenvalue weighted by Gasteiger charge is -2.33. The molecule has 0 aromatic carbocycles. The van der Waals surface area contributed by atoms with E-state index >= 15 is 0 Å². The molecule has 5 nitrogen and oxygen atoms in total. The molecule has 2 amide bonds. The highest BCUT2D eigenvalue weighted by molar-refractivity contribution is 9.11. The number of amides is 2. The summed E-state index contributed by atoms with van der Waals surface area (Å²) in [5.41, 5.74) is 0. The van der Waals surface area contributed by atoms with Crippen molar-refractivity contribution >= 4 is 39.3 Å². The molecule has 0 saturated carbocycles. The van der Waals surface area contributed by atoms with E-state index in [2.05, 4.69) is 15.9 Å². The van der Waals surface area contributed by atoms with E-state index in [1.54, 1.807) is 28.1 Å². The van der Waals surface area contributed by atoms with E-state index in [-0.39, 0.29) is 17.9 Å². The summed E-state index contributed by atoms with van der Waals surface area (Å²) >= 11 is 5.06. The molecule has 1 unspecified atom stereocenters. The average molecular weight is 389 g/mol. The monoisotopic (exact) mass is 388 g/mol. The summed E-state index contributed by atoms with van der Waals surface area (Å²) in [6.07, 6.45) is 1.35. The van der Waals surface area contributed by atoms with Gasteiger partial charge in [-0.05, 0) is 47.8 Å². The van der Waals surface area contributed by atoms with Gasteiger partial charge in [-0.25, -0.2) is 4.79 Å². The van der Waals surface area contributed by atoms with E-state index in [0.29, 0.717) is 26.2 Å². The van der Waals surface area contributed by atoms with E-state index in [0.717, 1.165) is 21.5 Å². The van der Waals surface area contributed by atoms with Crippen molar-refractivity contribution in [1.29, 1.82) is 0 Å². The predicted molar refractivity (Wildman–Crippen MR) is 89.8 cm³/mol. The Morgan fingerprint density at radius 2 is 2.27 bits per heavy atom. The number of nitrogens with zero attached hydrogens (tertiary/aromatic N) is 2. The van der Waals surface area contributed by atoms with Crippen LogP contribution in [-0.2, 0) is 16.1 Å². The van der Waals surface area contributed by atoms with Crippen LogP contribution in [0.3, 0.4) is 0 Å². The lowest BCUT2D eigenvalue weighted by atomic mass is 9.97.